The minimum absolute atomic E-state index is 0.694. The average Bonchev–Trinajstić information content (AvgIpc) is 2.09. The molecular formula is C11H17BrO. The predicted octanol–water partition coefficient (Wildman–Crippen LogP) is 3.82. The van der Waals surface area contributed by atoms with E-state index in [1.807, 2.05) is 31.2 Å². The fourth-order valence-electron chi connectivity index (χ4n) is 0.763. The van der Waals surface area contributed by atoms with Gasteiger partial charge in [-0.05, 0) is 24.2 Å². The second kappa shape index (κ2) is 9.75. The Morgan fingerprint density at radius 3 is 2.85 bits per heavy atom. The summed E-state index contributed by atoms with van der Waals surface area (Å²) in [7, 11) is 0. The highest BCUT2D eigenvalue weighted by molar-refractivity contribution is 9.11. The van der Waals surface area contributed by atoms with Crippen molar-refractivity contribution in [2.45, 2.75) is 19.8 Å². The molecule has 0 rings (SSSR count). The van der Waals surface area contributed by atoms with E-state index in [4.69, 9.17) is 4.74 Å². The first kappa shape index (κ1) is 12.7. The summed E-state index contributed by atoms with van der Waals surface area (Å²) in [4.78, 5) is 0. The van der Waals surface area contributed by atoms with Gasteiger partial charge in [-0.15, -0.1) is 0 Å². The van der Waals surface area contributed by atoms with Crippen molar-refractivity contribution in [1.82, 2.24) is 0 Å². The Hall–Kier alpha value is -0.340. The molecule has 0 N–H and O–H groups in total. The molecule has 13 heavy (non-hydrogen) atoms. The van der Waals surface area contributed by atoms with Gasteiger partial charge in [0.2, 0.25) is 0 Å². The summed E-state index contributed by atoms with van der Waals surface area (Å²) in [5.74, 6) is 0. The smallest absolute Gasteiger partial charge is 0.0650 e. The van der Waals surface area contributed by atoms with Crippen LogP contribution in [0.3, 0.4) is 0 Å². The molecule has 0 radical (unpaired) electrons. The zero-order valence-electron chi connectivity index (χ0n) is 8.13. The molecule has 0 saturated carbocycles. The third-order valence-electron chi connectivity index (χ3n) is 1.39. The number of hydrogen-bond acceptors (Lipinski definition) is 1. The summed E-state index contributed by atoms with van der Waals surface area (Å²) in [5.41, 5.74) is 0. The normalized spacial score (nSPS) is 11.5. The molecule has 0 atom stereocenters. The van der Waals surface area contributed by atoms with Crippen molar-refractivity contribution in [3.63, 3.8) is 0 Å². The molecule has 0 aromatic rings. The largest absolute Gasteiger partial charge is 0.377 e. The van der Waals surface area contributed by atoms with Gasteiger partial charge in [-0.1, -0.05) is 46.8 Å². The molecule has 0 spiro atoms. The SMILES string of the molecule is C=C(Br)CCCOC/C=C/C=C/C. The van der Waals surface area contributed by atoms with Crippen LogP contribution in [0.5, 0.6) is 0 Å². The van der Waals surface area contributed by atoms with E-state index in [1.54, 1.807) is 0 Å². The zero-order valence-corrected chi connectivity index (χ0v) is 9.72. The Morgan fingerprint density at radius 2 is 2.23 bits per heavy atom. The predicted molar refractivity (Wildman–Crippen MR) is 62.1 cm³/mol. The second-order valence-electron chi connectivity index (χ2n) is 2.65. The Morgan fingerprint density at radius 1 is 1.46 bits per heavy atom. The number of rotatable bonds is 7. The zero-order chi connectivity index (χ0) is 9.94. The first-order valence-corrected chi connectivity index (χ1v) is 5.25. The standard InChI is InChI=1S/C11H17BrO/c1-3-4-5-6-9-13-10-7-8-11(2)12/h3-6H,2,7-10H2,1H3/b4-3+,6-5+. The molecule has 0 aromatic heterocycles. The van der Waals surface area contributed by atoms with Crippen LogP contribution < -0.4 is 0 Å². The highest BCUT2D eigenvalue weighted by Gasteiger charge is 1.88. The lowest BCUT2D eigenvalue weighted by molar-refractivity contribution is 0.160. The van der Waals surface area contributed by atoms with Gasteiger partial charge in [0.25, 0.3) is 0 Å². The number of halogens is 1. The van der Waals surface area contributed by atoms with Crippen LogP contribution in [0.4, 0.5) is 0 Å². The summed E-state index contributed by atoms with van der Waals surface area (Å²) >= 11 is 3.30. The van der Waals surface area contributed by atoms with Crippen molar-refractivity contribution in [2.24, 2.45) is 0 Å². The first-order chi connectivity index (χ1) is 6.27. The topological polar surface area (TPSA) is 9.23 Å². The first-order valence-electron chi connectivity index (χ1n) is 4.46. The highest BCUT2D eigenvalue weighted by Crippen LogP contribution is 2.08. The molecule has 0 unspecified atom stereocenters. The van der Waals surface area contributed by atoms with E-state index in [0.717, 1.165) is 23.9 Å². The lowest BCUT2D eigenvalue weighted by Crippen LogP contribution is -1.93. The van der Waals surface area contributed by atoms with Gasteiger partial charge in [-0.3, -0.25) is 0 Å². The average molecular weight is 245 g/mol. The molecule has 1 nitrogen and oxygen atoms in total. The Kier molecular flexibility index (Phi) is 9.49. The van der Waals surface area contributed by atoms with Crippen molar-refractivity contribution < 1.29 is 4.74 Å². The molecule has 0 fully saturated rings. The van der Waals surface area contributed by atoms with Gasteiger partial charge in [-0.25, -0.2) is 0 Å². The van der Waals surface area contributed by atoms with Gasteiger partial charge in [0.05, 0.1) is 6.61 Å². The van der Waals surface area contributed by atoms with E-state index in [9.17, 15) is 0 Å². The van der Waals surface area contributed by atoms with Crippen molar-refractivity contribution in [1.29, 1.82) is 0 Å². The maximum atomic E-state index is 5.35. The fraction of sp³-hybridized carbons (Fsp3) is 0.455. The van der Waals surface area contributed by atoms with E-state index in [1.165, 1.54) is 0 Å². The molecule has 0 heterocycles. The lowest BCUT2D eigenvalue weighted by atomic mass is 10.3. The van der Waals surface area contributed by atoms with E-state index in [2.05, 4.69) is 22.5 Å². The van der Waals surface area contributed by atoms with E-state index < -0.39 is 0 Å². The number of allylic oxidation sites excluding steroid dienone is 4. The van der Waals surface area contributed by atoms with Gasteiger partial charge in [0, 0.05) is 6.61 Å². The van der Waals surface area contributed by atoms with Gasteiger partial charge < -0.3 is 4.74 Å². The molecule has 2 heteroatoms. The molecular weight excluding hydrogens is 228 g/mol. The summed E-state index contributed by atoms with van der Waals surface area (Å²) in [6, 6.07) is 0. The molecule has 0 aromatic carbocycles. The van der Waals surface area contributed by atoms with Gasteiger partial charge >= 0.3 is 0 Å². The molecule has 0 aliphatic carbocycles. The van der Waals surface area contributed by atoms with Crippen LogP contribution in [0.25, 0.3) is 0 Å². The van der Waals surface area contributed by atoms with Crippen LogP contribution in [0.15, 0.2) is 35.4 Å². The van der Waals surface area contributed by atoms with Crippen molar-refractivity contribution in [2.75, 3.05) is 13.2 Å². The second-order valence-corrected chi connectivity index (χ2v) is 3.77. The maximum Gasteiger partial charge on any atom is 0.0650 e. The van der Waals surface area contributed by atoms with Gasteiger partial charge in [-0.2, -0.15) is 0 Å². The monoisotopic (exact) mass is 244 g/mol. The van der Waals surface area contributed by atoms with E-state index >= 15 is 0 Å². The number of ether oxygens (including phenoxy) is 1. The van der Waals surface area contributed by atoms with Crippen LogP contribution in [-0.4, -0.2) is 13.2 Å². The minimum Gasteiger partial charge on any atom is -0.377 e. The molecule has 74 valence electrons. The van der Waals surface area contributed by atoms with Crippen molar-refractivity contribution in [3.8, 4) is 0 Å². The highest BCUT2D eigenvalue weighted by atomic mass is 79.9. The third-order valence-corrected chi connectivity index (χ3v) is 1.79. The minimum atomic E-state index is 0.694. The third kappa shape index (κ3) is 11.7. The summed E-state index contributed by atoms with van der Waals surface area (Å²) in [6.07, 6.45) is 9.99. The Bertz CT molecular complexity index is 183. The van der Waals surface area contributed by atoms with Crippen LogP contribution >= 0.6 is 15.9 Å². The van der Waals surface area contributed by atoms with Gasteiger partial charge in [0.1, 0.15) is 0 Å². The van der Waals surface area contributed by atoms with Crippen molar-refractivity contribution in [3.05, 3.63) is 35.4 Å². The van der Waals surface area contributed by atoms with Crippen LogP contribution in [0.2, 0.25) is 0 Å². The summed E-state index contributed by atoms with van der Waals surface area (Å²) in [6.45, 7) is 7.23. The summed E-state index contributed by atoms with van der Waals surface area (Å²) < 4.78 is 6.39. The quantitative estimate of drug-likeness (QED) is 0.489. The van der Waals surface area contributed by atoms with Crippen LogP contribution in [-0.2, 0) is 4.74 Å². The van der Waals surface area contributed by atoms with E-state index in [0.29, 0.717) is 6.61 Å². The fourth-order valence-corrected chi connectivity index (χ4v) is 1.04. The molecule has 0 saturated heterocycles. The van der Waals surface area contributed by atoms with Gasteiger partial charge in [0.15, 0.2) is 0 Å². The summed E-state index contributed by atoms with van der Waals surface area (Å²) in [5, 5.41) is 0. The lowest BCUT2D eigenvalue weighted by Gasteiger charge is -1.99. The molecule has 0 aliphatic heterocycles. The van der Waals surface area contributed by atoms with Crippen molar-refractivity contribution >= 4 is 15.9 Å². The number of hydrogen-bond donors (Lipinski definition) is 0. The Labute approximate surface area is 89.3 Å². The van der Waals surface area contributed by atoms with E-state index in [-0.39, 0.29) is 0 Å². The molecule has 0 bridgehead atoms. The molecule has 0 amide bonds. The Balaban J connectivity index is 3.12. The molecule has 0 aliphatic rings. The maximum absolute atomic E-state index is 5.35. The van der Waals surface area contributed by atoms with Crippen LogP contribution in [0.1, 0.15) is 19.8 Å². The van der Waals surface area contributed by atoms with Crippen LogP contribution in [0, 0.1) is 0 Å².